The topological polar surface area (TPSA) is 27.7 Å². The Morgan fingerprint density at radius 1 is 0.810 bits per heavy atom. The molecule has 3 nitrogen and oxygen atoms in total. The van der Waals surface area contributed by atoms with Gasteiger partial charge < -0.3 is 14.2 Å². The third-order valence-corrected chi connectivity index (χ3v) is 3.31. The largest absolute Gasteiger partial charge is 0.493 e. The maximum absolute atomic E-state index is 5.73. The molecule has 0 heterocycles. The molecule has 0 saturated heterocycles. The van der Waals surface area contributed by atoms with Gasteiger partial charge in [0.05, 0.1) is 19.8 Å². The van der Waals surface area contributed by atoms with E-state index >= 15 is 0 Å². The van der Waals surface area contributed by atoms with E-state index in [9.17, 15) is 0 Å². The summed E-state index contributed by atoms with van der Waals surface area (Å²) in [7, 11) is 0. The molecule has 0 aliphatic rings. The van der Waals surface area contributed by atoms with Gasteiger partial charge in [0.15, 0.2) is 11.5 Å². The van der Waals surface area contributed by atoms with Crippen LogP contribution in [0.1, 0.15) is 13.3 Å². The van der Waals surface area contributed by atoms with Gasteiger partial charge in [-0.05, 0) is 43.3 Å². The Balaban J connectivity index is 1.71. The number of halogens is 1. The van der Waals surface area contributed by atoms with E-state index < -0.39 is 0 Å². The van der Waals surface area contributed by atoms with Crippen LogP contribution in [0.15, 0.2) is 53.0 Å². The molecule has 0 spiro atoms. The zero-order chi connectivity index (χ0) is 14.9. The number of para-hydroxylation sites is 2. The van der Waals surface area contributed by atoms with E-state index in [-0.39, 0.29) is 0 Å². The number of hydrogen-bond donors (Lipinski definition) is 0. The van der Waals surface area contributed by atoms with E-state index in [1.165, 1.54) is 0 Å². The monoisotopic (exact) mass is 350 g/mol. The average Bonchev–Trinajstić information content (AvgIpc) is 2.51. The van der Waals surface area contributed by atoms with Gasteiger partial charge in [0.2, 0.25) is 0 Å². The van der Waals surface area contributed by atoms with Crippen molar-refractivity contribution in [2.45, 2.75) is 13.3 Å². The molecular weight excluding hydrogens is 332 g/mol. The highest BCUT2D eigenvalue weighted by molar-refractivity contribution is 9.10. The minimum Gasteiger partial charge on any atom is -0.493 e. The first kappa shape index (κ1) is 15.7. The van der Waals surface area contributed by atoms with Crippen molar-refractivity contribution in [3.05, 3.63) is 53.0 Å². The normalized spacial score (nSPS) is 10.2. The molecular formula is C17H19BrO3. The Kier molecular flexibility index (Phi) is 6.41. The van der Waals surface area contributed by atoms with E-state index in [1.54, 1.807) is 0 Å². The molecule has 0 aromatic heterocycles. The molecule has 0 aliphatic carbocycles. The molecule has 0 radical (unpaired) electrons. The van der Waals surface area contributed by atoms with Gasteiger partial charge in [0, 0.05) is 10.9 Å². The first-order chi connectivity index (χ1) is 10.3. The number of benzene rings is 2. The summed E-state index contributed by atoms with van der Waals surface area (Å²) in [4.78, 5) is 0. The van der Waals surface area contributed by atoms with Crippen molar-refractivity contribution in [1.29, 1.82) is 0 Å². The number of hydrogen-bond acceptors (Lipinski definition) is 3. The molecule has 4 heteroatoms. The molecule has 21 heavy (non-hydrogen) atoms. The summed E-state index contributed by atoms with van der Waals surface area (Å²) in [6.45, 7) is 3.81. The lowest BCUT2D eigenvalue weighted by Crippen LogP contribution is -2.06. The van der Waals surface area contributed by atoms with Crippen LogP contribution < -0.4 is 14.2 Å². The minimum absolute atomic E-state index is 0.598. The third-order valence-electron chi connectivity index (χ3n) is 2.78. The van der Waals surface area contributed by atoms with Gasteiger partial charge in [-0.25, -0.2) is 0 Å². The fourth-order valence-corrected chi connectivity index (χ4v) is 2.07. The van der Waals surface area contributed by atoms with Crippen LogP contribution in [0.25, 0.3) is 0 Å². The van der Waals surface area contributed by atoms with Crippen LogP contribution in [0.3, 0.4) is 0 Å². The minimum atomic E-state index is 0.598. The summed E-state index contributed by atoms with van der Waals surface area (Å²) in [5, 5.41) is 0. The standard InChI is InChI=1S/C17H19BrO3/c1-2-19-16-6-3-4-7-17(16)21-13-5-12-20-15-10-8-14(18)9-11-15/h3-4,6-11H,2,5,12-13H2,1H3. The first-order valence-electron chi connectivity index (χ1n) is 7.02. The summed E-state index contributed by atoms with van der Waals surface area (Å²) >= 11 is 3.40. The van der Waals surface area contributed by atoms with Crippen LogP contribution in [0.2, 0.25) is 0 Å². The zero-order valence-electron chi connectivity index (χ0n) is 12.0. The van der Waals surface area contributed by atoms with Crippen molar-refractivity contribution < 1.29 is 14.2 Å². The molecule has 0 atom stereocenters. The van der Waals surface area contributed by atoms with Crippen LogP contribution in [-0.4, -0.2) is 19.8 Å². The molecule has 2 aromatic rings. The smallest absolute Gasteiger partial charge is 0.161 e. The molecule has 0 amide bonds. The van der Waals surface area contributed by atoms with Crippen LogP contribution >= 0.6 is 15.9 Å². The average molecular weight is 351 g/mol. The first-order valence-corrected chi connectivity index (χ1v) is 7.82. The van der Waals surface area contributed by atoms with E-state index in [1.807, 2.05) is 55.5 Å². The predicted octanol–water partition coefficient (Wildman–Crippen LogP) is 4.70. The van der Waals surface area contributed by atoms with E-state index in [4.69, 9.17) is 14.2 Å². The van der Waals surface area contributed by atoms with Gasteiger partial charge in [-0.2, -0.15) is 0 Å². The molecule has 2 rings (SSSR count). The highest BCUT2D eigenvalue weighted by atomic mass is 79.9. The van der Waals surface area contributed by atoms with E-state index in [2.05, 4.69) is 15.9 Å². The van der Waals surface area contributed by atoms with Crippen molar-refractivity contribution in [3.63, 3.8) is 0 Å². The summed E-state index contributed by atoms with van der Waals surface area (Å²) in [5.74, 6) is 2.43. The van der Waals surface area contributed by atoms with Crippen molar-refractivity contribution in [3.8, 4) is 17.2 Å². The fourth-order valence-electron chi connectivity index (χ4n) is 1.81. The Bertz CT molecular complexity index is 540. The second kappa shape index (κ2) is 8.57. The van der Waals surface area contributed by atoms with Gasteiger partial charge in [-0.3, -0.25) is 0 Å². The van der Waals surface area contributed by atoms with Gasteiger partial charge >= 0.3 is 0 Å². The van der Waals surface area contributed by atoms with Crippen molar-refractivity contribution in [2.75, 3.05) is 19.8 Å². The maximum atomic E-state index is 5.73. The highest BCUT2D eigenvalue weighted by Gasteiger charge is 2.03. The van der Waals surface area contributed by atoms with Crippen LogP contribution in [0, 0.1) is 0 Å². The summed E-state index contributed by atoms with van der Waals surface area (Å²) in [5.41, 5.74) is 0. The van der Waals surface area contributed by atoms with Crippen molar-refractivity contribution >= 4 is 15.9 Å². The Morgan fingerprint density at radius 2 is 1.43 bits per heavy atom. The van der Waals surface area contributed by atoms with E-state index in [0.29, 0.717) is 19.8 Å². The summed E-state index contributed by atoms with van der Waals surface area (Å²) in [6.07, 6.45) is 0.816. The molecule has 0 fully saturated rings. The second-order valence-corrected chi connectivity index (χ2v) is 5.30. The molecule has 112 valence electrons. The van der Waals surface area contributed by atoms with Gasteiger partial charge in [0.1, 0.15) is 5.75 Å². The SMILES string of the molecule is CCOc1ccccc1OCCCOc1ccc(Br)cc1. The predicted molar refractivity (Wildman–Crippen MR) is 87.4 cm³/mol. The molecule has 0 N–H and O–H groups in total. The van der Waals surface area contributed by atoms with Gasteiger partial charge in [-0.15, -0.1) is 0 Å². The maximum Gasteiger partial charge on any atom is 0.161 e. The third kappa shape index (κ3) is 5.31. The highest BCUT2D eigenvalue weighted by Crippen LogP contribution is 2.26. The second-order valence-electron chi connectivity index (χ2n) is 4.38. The van der Waals surface area contributed by atoms with Crippen molar-refractivity contribution in [1.82, 2.24) is 0 Å². The molecule has 0 aliphatic heterocycles. The number of rotatable bonds is 8. The molecule has 0 bridgehead atoms. The molecule has 0 unspecified atom stereocenters. The van der Waals surface area contributed by atoms with E-state index in [0.717, 1.165) is 28.1 Å². The van der Waals surface area contributed by atoms with Crippen LogP contribution in [0.4, 0.5) is 0 Å². The number of ether oxygens (including phenoxy) is 3. The summed E-state index contributed by atoms with van der Waals surface area (Å²) < 4.78 is 17.9. The lowest BCUT2D eigenvalue weighted by Gasteiger charge is -2.11. The Labute approximate surface area is 134 Å². The fraction of sp³-hybridized carbons (Fsp3) is 0.294. The van der Waals surface area contributed by atoms with Crippen LogP contribution in [0.5, 0.6) is 17.2 Å². The molecule has 2 aromatic carbocycles. The summed E-state index contributed by atoms with van der Waals surface area (Å²) in [6, 6.07) is 15.5. The zero-order valence-corrected chi connectivity index (χ0v) is 13.6. The van der Waals surface area contributed by atoms with Gasteiger partial charge in [-0.1, -0.05) is 28.1 Å². The Morgan fingerprint density at radius 3 is 2.10 bits per heavy atom. The van der Waals surface area contributed by atoms with Crippen molar-refractivity contribution in [2.24, 2.45) is 0 Å². The van der Waals surface area contributed by atoms with Crippen LogP contribution in [-0.2, 0) is 0 Å². The lowest BCUT2D eigenvalue weighted by molar-refractivity contribution is 0.236. The lowest BCUT2D eigenvalue weighted by atomic mass is 10.3. The Hall–Kier alpha value is -1.68. The quantitative estimate of drug-likeness (QED) is 0.646. The van der Waals surface area contributed by atoms with Gasteiger partial charge in [0.25, 0.3) is 0 Å². The molecule has 0 saturated carbocycles.